The zero-order valence-corrected chi connectivity index (χ0v) is 22.0. The molecule has 2 amide bonds. The smallest absolute Gasteiger partial charge is 0.320 e. The third kappa shape index (κ3) is 6.81. The molecule has 2 aromatic rings. The van der Waals surface area contributed by atoms with Gasteiger partial charge >= 0.3 is 6.03 Å². The summed E-state index contributed by atoms with van der Waals surface area (Å²) in [4.78, 5) is 21.7. The zero-order valence-electron chi connectivity index (χ0n) is 22.0. The molecule has 2 N–H and O–H groups in total. The van der Waals surface area contributed by atoms with Crippen molar-refractivity contribution < 1.29 is 13.6 Å². The Bertz CT molecular complexity index is 1090. The molecule has 1 aromatic carbocycles. The van der Waals surface area contributed by atoms with Crippen LogP contribution in [0.25, 0.3) is 5.57 Å². The number of imidazole rings is 1. The van der Waals surface area contributed by atoms with Gasteiger partial charge in [-0.05, 0) is 29.9 Å². The van der Waals surface area contributed by atoms with Crippen LogP contribution in [0.4, 0.5) is 13.6 Å². The Morgan fingerprint density at radius 1 is 1.22 bits per heavy atom. The summed E-state index contributed by atoms with van der Waals surface area (Å²) in [6.07, 6.45) is 6.82. The quantitative estimate of drug-likeness (QED) is 0.480. The van der Waals surface area contributed by atoms with Gasteiger partial charge in [-0.3, -0.25) is 0 Å². The maximum absolute atomic E-state index is 14.1. The van der Waals surface area contributed by atoms with Crippen LogP contribution < -0.4 is 5.73 Å². The molecule has 0 saturated carbocycles. The molecule has 1 aromatic heterocycles. The number of hydrogen-bond donors (Lipinski definition) is 1. The molecule has 0 radical (unpaired) electrons. The van der Waals surface area contributed by atoms with Crippen LogP contribution in [-0.2, 0) is 6.54 Å². The van der Waals surface area contributed by atoms with Crippen molar-refractivity contribution in [3.63, 3.8) is 0 Å². The van der Waals surface area contributed by atoms with Crippen LogP contribution in [-0.4, -0.2) is 58.7 Å². The van der Waals surface area contributed by atoms with E-state index in [2.05, 4.69) is 20.8 Å². The third-order valence-electron chi connectivity index (χ3n) is 6.30. The molecule has 1 aliphatic carbocycles. The topological polar surface area (TPSA) is 67.4 Å². The lowest BCUT2D eigenvalue weighted by molar-refractivity contribution is 0.0899. The first kappa shape index (κ1) is 27.6. The van der Waals surface area contributed by atoms with E-state index in [-0.39, 0.29) is 18.4 Å². The van der Waals surface area contributed by atoms with Gasteiger partial charge in [-0.1, -0.05) is 57.2 Å². The van der Waals surface area contributed by atoms with Crippen LogP contribution in [0.2, 0.25) is 0 Å². The molecule has 0 saturated heterocycles. The Balaban J connectivity index is 2.15. The van der Waals surface area contributed by atoms with Crippen LogP contribution in [0.15, 0.2) is 54.5 Å². The maximum Gasteiger partial charge on any atom is 0.320 e. The Hall–Kier alpha value is -3.00. The van der Waals surface area contributed by atoms with Crippen molar-refractivity contribution in [3.8, 4) is 0 Å². The summed E-state index contributed by atoms with van der Waals surface area (Å²) in [6, 6.07) is 8.73. The van der Waals surface area contributed by atoms with Crippen LogP contribution in [0.1, 0.15) is 63.2 Å². The number of amides is 2. The largest absolute Gasteiger partial charge is 0.331 e. The number of rotatable bonds is 9. The van der Waals surface area contributed by atoms with Crippen molar-refractivity contribution in [2.45, 2.75) is 58.7 Å². The standard InChI is InChI=1S/C28H39F2N5O/c1-28(2,3)25(35(27(36)33(4)5)15-14-23(31)17-29)26-32-24(21-12-9-13-22(30)16-21)19-34(26)18-20-10-7-6-8-11-20/h6-8,10-12,16,19,23,25H,9,13-15,17-18,31H2,1-5H3/t23-,25-/m0/s1. The molecule has 0 aliphatic heterocycles. The number of nitrogens with two attached hydrogens (primary N) is 1. The number of alkyl halides is 1. The van der Waals surface area contributed by atoms with Crippen LogP contribution in [0.5, 0.6) is 0 Å². The Labute approximate surface area is 213 Å². The second-order valence-corrected chi connectivity index (χ2v) is 10.7. The zero-order chi connectivity index (χ0) is 26.5. The number of urea groups is 1. The third-order valence-corrected chi connectivity index (χ3v) is 6.30. The summed E-state index contributed by atoms with van der Waals surface area (Å²) < 4.78 is 29.4. The molecule has 0 unspecified atom stereocenters. The highest BCUT2D eigenvalue weighted by molar-refractivity contribution is 5.75. The predicted molar refractivity (Wildman–Crippen MR) is 141 cm³/mol. The number of halogens is 2. The number of nitrogens with zero attached hydrogens (tertiary/aromatic N) is 4. The van der Waals surface area contributed by atoms with E-state index in [9.17, 15) is 13.6 Å². The summed E-state index contributed by atoms with van der Waals surface area (Å²) in [5.74, 6) is 0.536. The molecule has 0 spiro atoms. The molecule has 2 atom stereocenters. The molecule has 196 valence electrons. The van der Waals surface area contributed by atoms with E-state index in [0.717, 1.165) is 11.1 Å². The highest BCUT2D eigenvalue weighted by Gasteiger charge is 2.39. The lowest BCUT2D eigenvalue weighted by atomic mass is 9.84. The van der Waals surface area contributed by atoms with E-state index in [1.807, 2.05) is 47.2 Å². The van der Waals surface area contributed by atoms with Crippen molar-refractivity contribution in [2.24, 2.45) is 11.1 Å². The SMILES string of the molecule is CN(C)C(=O)N(CC[C@H](N)CF)[C@@H](c1nc(C2=CCCC(F)=C2)cn1Cc1ccccc1)C(C)(C)C. The highest BCUT2D eigenvalue weighted by Crippen LogP contribution is 2.39. The molecule has 3 rings (SSSR count). The molecule has 0 bridgehead atoms. The molecule has 8 heteroatoms. The van der Waals surface area contributed by atoms with Gasteiger partial charge in [0.25, 0.3) is 0 Å². The van der Waals surface area contributed by atoms with E-state index in [1.165, 1.54) is 11.0 Å². The summed E-state index contributed by atoms with van der Waals surface area (Å²) in [6.45, 7) is 6.36. The van der Waals surface area contributed by atoms with Gasteiger partial charge in [0.2, 0.25) is 0 Å². The van der Waals surface area contributed by atoms with Gasteiger partial charge in [-0.25, -0.2) is 18.6 Å². The van der Waals surface area contributed by atoms with Gasteiger partial charge in [0.1, 0.15) is 18.3 Å². The molecule has 1 heterocycles. The Kier molecular flexibility index (Phi) is 9.06. The second kappa shape index (κ2) is 11.8. The van der Waals surface area contributed by atoms with Crippen molar-refractivity contribution >= 4 is 11.6 Å². The van der Waals surface area contributed by atoms with Crippen molar-refractivity contribution in [2.75, 3.05) is 27.3 Å². The fourth-order valence-corrected chi connectivity index (χ4v) is 4.51. The minimum absolute atomic E-state index is 0.163. The first-order chi connectivity index (χ1) is 17.0. The fourth-order valence-electron chi connectivity index (χ4n) is 4.51. The molecule has 1 aliphatic rings. The minimum Gasteiger partial charge on any atom is -0.331 e. The number of allylic oxidation sites excluding steroid dienone is 4. The van der Waals surface area contributed by atoms with Gasteiger partial charge in [0.15, 0.2) is 0 Å². The summed E-state index contributed by atoms with van der Waals surface area (Å²) in [5, 5.41) is 0. The average molecular weight is 500 g/mol. The van der Waals surface area contributed by atoms with E-state index >= 15 is 0 Å². The lowest BCUT2D eigenvalue weighted by Gasteiger charge is -2.41. The van der Waals surface area contributed by atoms with Crippen molar-refractivity contribution in [3.05, 3.63) is 71.6 Å². The van der Waals surface area contributed by atoms with Crippen molar-refractivity contribution in [1.82, 2.24) is 19.4 Å². The average Bonchev–Trinajstić information content (AvgIpc) is 3.23. The molecule has 0 fully saturated rings. The minimum atomic E-state index is -0.650. The number of aromatic nitrogens is 2. The van der Waals surface area contributed by atoms with Gasteiger partial charge in [-0.15, -0.1) is 0 Å². The van der Waals surface area contributed by atoms with Gasteiger partial charge in [0.05, 0.1) is 11.7 Å². The number of carbonyl (C=O) groups excluding carboxylic acids is 1. The van der Waals surface area contributed by atoms with Crippen LogP contribution in [0.3, 0.4) is 0 Å². The monoisotopic (exact) mass is 499 g/mol. The normalized spacial score (nSPS) is 15.7. The molecular weight excluding hydrogens is 460 g/mol. The summed E-state index contributed by atoms with van der Waals surface area (Å²) in [7, 11) is 3.40. The molecule has 36 heavy (non-hydrogen) atoms. The highest BCUT2D eigenvalue weighted by atomic mass is 19.1. The summed E-state index contributed by atoms with van der Waals surface area (Å²) >= 11 is 0. The van der Waals surface area contributed by atoms with Gasteiger partial charge in [0, 0.05) is 51.4 Å². The van der Waals surface area contributed by atoms with E-state index in [4.69, 9.17) is 10.7 Å². The van der Waals surface area contributed by atoms with Crippen molar-refractivity contribution in [1.29, 1.82) is 0 Å². The first-order valence-electron chi connectivity index (χ1n) is 12.5. The van der Waals surface area contributed by atoms with E-state index in [0.29, 0.717) is 37.3 Å². The molecule has 6 nitrogen and oxygen atoms in total. The van der Waals surface area contributed by atoms with E-state index < -0.39 is 24.2 Å². The second-order valence-electron chi connectivity index (χ2n) is 10.7. The maximum atomic E-state index is 14.1. The Morgan fingerprint density at radius 3 is 2.50 bits per heavy atom. The molecular formula is C28H39F2N5O. The number of benzene rings is 1. The lowest BCUT2D eigenvalue weighted by Crippen LogP contribution is -2.48. The number of carbonyl (C=O) groups is 1. The van der Waals surface area contributed by atoms with Gasteiger partial charge < -0.3 is 20.1 Å². The number of hydrogen-bond acceptors (Lipinski definition) is 3. The Morgan fingerprint density at radius 2 is 1.92 bits per heavy atom. The van der Waals surface area contributed by atoms with E-state index in [1.54, 1.807) is 19.0 Å². The van der Waals surface area contributed by atoms with Crippen LogP contribution >= 0.6 is 0 Å². The van der Waals surface area contributed by atoms with Gasteiger partial charge in [-0.2, -0.15) is 0 Å². The first-order valence-corrected chi connectivity index (χ1v) is 12.5. The summed E-state index contributed by atoms with van der Waals surface area (Å²) in [5.41, 5.74) is 7.98. The fraction of sp³-hybridized carbons (Fsp3) is 0.500. The predicted octanol–water partition coefficient (Wildman–Crippen LogP) is 5.72. The van der Waals surface area contributed by atoms with Crippen LogP contribution in [0, 0.1) is 5.41 Å².